The number of halogens is 1. The van der Waals surface area contributed by atoms with Crippen LogP contribution < -0.4 is 27.2 Å². The molecule has 0 saturated heterocycles. The van der Waals surface area contributed by atoms with Crippen LogP contribution in [0.5, 0.6) is 0 Å². The van der Waals surface area contributed by atoms with Gasteiger partial charge in [0.15, 0.2) is 5.69 Å². The molecule has 80 valence electrons. The Morgan fingerprint density at radius 2 is 1.93 bits per heavy atom. The number of rotatable bonds is 1. The molecular formula is C9H14BrN5+2. The van der Waals surface area contributed by atoms with E-state index in [1.54, 1.807) is 0 Å². The lowest BCUT2D eigenvalue weighted by Crippen LogP contribution is -2.96. The standard InChI is InChI=1S/C9H12BrN5/c1-5-4-6(10)2-3-7(5)14-9(13)15-8(11)12/h2-4H,1H3,(H6,11,12,13,14,15)/p+2. The van der Waals surface area contributed by atoms with E-state index in [0.717, 1.165) is 15.7 Å². The van der Waals surface area contributed by atoms with Gasteiger partial charge in [0.2, 0.25) is 0 Å². The highest BCUT2D eigenvalue weighted by molar-refractivity contribution is 9.10. The number of guanidine groups is 2. The Labute approximate surface area is 96.2 Å². The SMILES string of the molecule is Cc1cc(Br)ccc1[NH+]=C(N)[NH+]=C(N)N. The molecule has 0 fully saturated rings. The highest BCUT2D eigenvalue weighted by Gasteiger charge is 2.07. The molecule has 0 heterocycles. The lowest BCUT2D eigenvalue weighted by atomic mass is 10.2. The Hall–Kier alpha value is -1.56. The molecular weight excluding hydrogens is 258 g/mol. The fourth-order valence-corrected chi connectivity index (χ4v) is 1.57. The zero-order chi connectivity index (χ0) is 11.4. The van der Waals surface area contributed by atoms with Crippen LogP contribution in [0, 0.1) is 6.92 Å². The quantitative estimate of drug-likeness (QED) is 0.280. The molecule has 0 aliphatic rings. The van der Waals surface area contributed by atoms with Crippen LogP contribution in [0.3, 0.4) is 0 Å². The molecule has 1 aromatic carbocycles. The molecule has 0 unspecified atom stereocenters. The lowest BCUT2D eigenvalue weighted by Gasteiger charge is -1.95. The largest absolute Gasteiger partial charge is 0.522 e. The van der Waals surface area contributed by atoms with Crippen molar-refractivity contribution in [1.82, 2.24) is 0 Å². The zero-order valence-corrected chi connectivity index (χ0v) is 9.93. The second-order valence-corrected chi connectivity index (χ2v) is 3.99. The Kier molecular flexibility index (Phi) is 3.68. The molecule has 0 radical (unpaired) electrons. The molecule has 0 spiro atoms. The minimum atomic E-state index is 0.0507. The van der Waals surface area contributed by atoms with E-state index < -0.39 is 0 Å². The van der Waals surface area contributed by atoms with Crippen molar-refractivity contribution in [3.05, 3.63) is 28.2 Å². The second-order valence-electron chi connectivity index (χ2n) is 3.08. The molecule has 15 heavy (non-hydrogen) atoms. The van der Waals surface area contributed by atoms with Crippen LogP contribution >= 0.6 is 15.9 Å². The van der Waals surface area contributed by atoms with Crippen molar-refractivity contribution in [2.75, 3.05) is 0 Å². The monoisotopic (exact) mass is 271 g/mol. The lowest BCUT2D eigenvalue weighted by molar-refractivity contribution is -0.459. The van der Waals surface area contributed by atoms with Gasteiger partial charge in [-0.1, -0.05) is 15.9 Å². The van der Waals surface area contributed by atoms with Gasteiger partial charge in [0.05, 0.1) is 0 Å². The molecule has 0 aliphatic carbocycles. The molecule has 5 nitrogen and oxygen atoms in total. The Bertz CT molecular complexity index is 421. The van der Waals surface area contributed by atoms with Crippen LogP contribution in [0.2, 0.25) is 0 Å². The minimum Gasteiger partial charge on any atom is -0.345 e. The summed E-state index contributed by atoms with van der Waals surface area (Å²) in [5, 5.41) is 0. The second kappa shape index (κ2) is 4.79. The summed E-state index contributed by atoms with van der Waals surface area (Å²) in [6, 6.07) is 5.80. The molecule has 0 atom stereocenters. The van der Waals surface area contributed by atoms with E-state index in [1.807, 2.05) is 25.1 Å². The van der Waals surface area contributed by atoms with Crippen LogP contribution in [0.1, 0.15) is 5.56 Å². The number of benzene rings is 1. The summed E-state index contributed by atoms with van der Waals surface area (Å²) in [5.41, 5.74) is 18.1. The predicted octanol–water partition coefficient (Wildman–Crippen LogP) is -2.86. The van der Waals surface area contributed by atoms with E-state index in [1.165, 1.54) is 0 Å². The topological polar surface area (TPSA) is 106 Å². The van der Waals surface area contributed by atoms with Gasteiger partial charge in [0, 0.05) is 10.0 Å². The Balaban J connectivity index is 3.03. The molecule has 0 aromatic heterocycles. The van der Waals surface area contributed by atoms with E-state index in [9.17, 15) is 0 Å². The maximum absolute atomic E-state index is 5.62. The molecule has 0 saturated carbocycles. The first-order valence-electron chi connectivity index (χ1n) is 4.29. The summed E-state index contributed by atoms with van der Waals surface area (Å²) in [5.74, 6) is 0.343. The van der Waals surface area contributed by atoms with E-state index in [-0.39, 0.29) is 5.96 Å². The van der Waals surface area contributed by atoms with Gasteiger partial charge in [-0.15, -0.1) is 4.99 Å². The fraction of sp³-hybridized carbons (Fsp3) is 0.111. The van der Waals surface area contributed by atoms with E-state index in [2.05, 4.69) is 25.9 Å². The van der Waals surface area contributed by atoms with Crippen molar-refractivity contribution >= 4 is 33.5 Å². The third-order valence-corrected chi connectivity index (χ3v) is 2.23. The molecule has 6 heteroatoms. The zero-order valence-electron chi connectivity index (χ0n) is 8.34. The van der Waals surface area contributed by atoms with Gasteiger partial charge in [-0.25, -0.2) is 5.73 Å². The van der Waals surface area contributed by atoms with E-state index >= 15 is 0 Å². The van der Waals surface area contributed by atoms with Gasteiger partial charge >= 0.3 is 5.96 Å². The number of aryl methyl sites for hydroxylation is 1. The number of nitrogens with two attached hydrogens (primary N) is 3. The van der Waals surface area contributed by atoms with Crippen LogP contribution in [-0.2, 0) is 0 Å². The van der Waals surface area contributed by atoms with E-state index in [4.69, 9.17) is 17.2 Å². The average molecular weight is 272 g/mol. The molecule has 0 amide bonds. The van der Waals surface area contributed by atoms with Crippen molar-refractivity contribution < 1.29 is 9.98 Å². The van der Waals surface area contributed by atoms with Gasteiger partial charge < -0.3 is 11.5 Å². The first kappa shape index (κ1) is 11.5. The summed E-state index contributed by atoms with van der Waals surface area (Å²) in [7, 11) is 0. The van der Waals surface area contributed by atoms with Gasteiger partial charge in [-0.05, 0) is 25.1 Å². The maximum atomic E-state index is 5.62. The van der Waals surface area contributed by atoms with E-state index in [0.29, 0.717) is 5.96 Å². The third kappa shape index (κ3) is 3.59. The van der Waals surface area contributed by atoms with Crippen LogP contribution in [0.15, 0.2) is 22.7 Å². The first-order valence-corrected chi connectivity index (χ1v) is 5.09. The minimum absolute atomic E-state index is 0.0507. The number of hydrogen-bond donors (Lipinski definition) is 5. The van der Waals surface area contributed by atoms with Crippen molar-refractivity contribution in [3.63, 3.8) is 0 Å². The van der Waals surface area contributed by atoms with Crippen molar-refractivity contribution in [2.45, 2.75) is 6.92 Å². The highest BCUT2D eigenvalue weighted by atomic mass is 79.9. The normalized spacial score (nSPS) is 11.2. The molecule has 0 aliphatic heterocycles. The highest BCUT2D eigenvalue weighted by Crippen LogP contribution is 2.15. The maximum Gasteiger partial charge on any atom is 0.522 e. The molecule has 8 N–H and O–H groups in total. The smallest absolute Gasteiger partial charge is 0.345 e. The number of hydrogen-bond acceptors (Lipinski definition) is 0. The molecule has 1 aromatic rings. The van der Waals surface area contributed by atoms with Crippen molar-refractivity contribution in [1.29, 1.82) is 0 Å². The van der Waals surface area contributed by atoms with Crippen molar-refractivity contribution in [2.24, 2.45) is 17.2 Å². The van der Waals surface area contributed by atoms with Crippen LogP contribution in [-0.4, -0.2) is 11.9 Å². The summed E-state index contributed by atoms with van der Waals surface area (Å²) in [4.78, 5) is 5.53. The van der Waals surface area contributed by atoms with Crippen LogP contribution in [0.4, 0.5) is 5.69 Å². The summed E-state index contributed by atoms with van der Waals surface area (Å²) in [6.07, 6.45) is 0. The number of nitrogens with one attached hydrogen (secondary N) is 2. The Morgan fingerprint density at radius 1 is 1.27 bits per heavy atom. The predicted molar refractivity (Wildman–Crippen MR) is 63.0 cm³/mol. The molecule has 1 rings (SSSR count). The molecule has 0 bridgehead atoms. The van der Waals surface area contributed by atoms with Gasteiger partial charge in [-0.2, -0.15) is 4.99 Å². The summed E-state index contributed by atoms with van der Waals surface area (Å²) in [6.45, 7) is 1.97. The fourth-order valence-electron chi connectivity index (χ4n) is 1.10. The Morgan fingerprint density at radius 3 is 2.47 bits per heavy atom. The summed E-state index contributed by atoms with van der Waals surface area (Å²) >= 11 is 3.38. The summed E-state index contributed by atoms with van der Waals surface area (Å²) < 4.78 is 1.02. The van der Waals surface area contributed by atoms with Gasteiger partial charge in [0.25, 0.3) is 5.96 Å². The van der Waals surface area contributed by atoms with Gasteiger partial charge in [-0.3, -0.25) is 0 Å². The van der Waals surface area contributed by atoms with Gasteiger partial charge in [0.1, 0.15) is 0 Å². The van der Waals surface area contributed by atoms with Crippen LogP contribution in [0.25, 0.3) is 0 Å². The average Bonchev–Trinajstić information content (AvgIpc) is 2.08. The van der Waals surface area contributed by atoms with Crippen molar-refractivity contribution in [3.8, 4) is 0 Å². The first-order chi connectivity index (χ1) is 6.99. The third-order valence-electron chi connectivity index (χ3n) is 1.74.